The third-order valence-corrected chi connectivity index (χ3v) is 1.34. The molecule has 6 nitrogen and oxygen atoms in total. The number of aliphatic carboxylic acids is 1. The van der Waals surface area contributed by atoms with Gasteiger partial charge in [-0.05, 0) is 0 Å². The molecule has 1 saturated heterocycles. The number of nitrogens with one attached hydrogen (secondary N) is 2. The molecule has 1 rings (SSSR count). The molecule has 0 aromatic heterocycles. The summed E-state index contributed by atoms with van der Waals surface area (Å²) in [5.74, 6) is -1.61. The van der Waals surface area contributed by atoms with Gasteiger partial charge in [0.2, 0.25) is 5.91 Å². The predicted molar refractivity (Wildman–Crippen MR) is 33.3 cm³/mol. The lowest BCUT2D eigenvalue weighted by atomic mass is 10.2. The maximum Gasteiger partial charge on any atom is 0.321 e. The average Bonchev–Trinajstić information content (AvgIpc) is 1.85. The maximum absolute atomic E-state index is 10.6. The Bertz CT molecular complexity index is 193. The molecule has 0 aliphatic carbocycles. The van der Waals surface area contributed by atoms with E-state index in [1.165, 1.54) is 0 Å². The molecule has 0 spiro atoms. The highest BCUT2D eigenvalue weighted by atomic mass is 16.4. The van der Waals surface area contributed by atoms with Gasteiger partial charge in [0.15, 0.2) is 6.35 Å². The third kappa shape index (κ3) is 1.89. The number of hydrogen-bond acceptors (Lipinski definition) is 4. The normalized spacial score (nSPS) is 31.2. The highest BCUT2D eigenvalue weighted by Crippen LogP contribution is 1.98. The number of hydrogen-bond donors (Lipinski definition) is 4. The second-order valence-electron chi connectivity index (χ2n) is 2.23. The summed E-state index contributed by atoms with van der Waals surface area (Å²) in [4.78, 5) is 20.9. The lowest BCUT2D eigenvalue weighted by Gasteiger charge is -2.24. The molecule has 1 heterocycles. The Morgan fingerprint density at radius 3 is 2.73 bits per heavy atom. The van der Waals surface area contributed by atoms with Crippen LogP contribution in [-0.4, -0.2) is 34.5 Å². The van der Waals surface area contributed by atoms with Gasteiger partial charge >= 0.3 is 5.97 Å². The third-order valence-electron chi connectivity index (χ3n) is 1.34. The molecule has 6 heteroatoms. The van der Waals surface area contributed by atoms with E-state index in [9.17, 15) is 9.59 Å². The van der Waals surface area contributed by atoms with Crippen LogP contribution in [0.3, 0.4) is 0 Å². The molecule has 0 radical (unpaired) electrons. The zero-order chi connectivity index (χ0) is 8.43. The van der Waals surface area contributed by atoms with E-state index < -0.39 is 24.3 Å². The smallest absolute Gasteiger partial charge is 0.321 e. The number of aliphatic hydroxyl groups excluding tert-OH is 1. The number of amides is 1. The van der Waals surface area contributed by atoms with E-state index in [1.54, 1.807) is 0 Å². The summed E-state index contributed by atoms with van der Waals surface area (Å²) in [6, 6.07) is -0.987. The number of aliphatic hydroxyl groups is 1. The quantitative estimate of drug-likeness (QED) is 0.349. The Kier molecular flexibility index (Phi) is 2.06. The van der Waals surface area contributed by atoms with Crippen LogP contribution in [0.15, 0.2) is 0 Å². The van der Waals surface area contributed by atoms with Gasteiger partial charge in [0, 0.05) is 0 Å². The zero-order valence-corrected chi connectivity index (χ0v) is 5.57. The first-order chi connectivity index (χ1) is 5.09. The van der Waals surface area contributed by atoms with Gasteiger partial charge in [-0.25, -0.2) is 0 Å². The molecule has 0 aromatic carbocycles. The highest BCUT2D eigenvalue weighted by Gasteiger charge is 2.28. The van der Waals surface area contributed by atoms with E-state index in [2.05, 4.69) is 10.6 Å². The fourth-order valence-electron chi connectivity index (χ4n) is 0.847. The van der Waals surface area contributed by atoms with Gasteiger partial charge in [0.25, 0.3) is 0 Å². The first-order valence-electron chi connectivity index (χ1n) is 3.06. The van der Waals surface area contributed by atoms with Gasteiger partial charge < -0.3 is 15.5 Å². The standard InChI is InChI=1S/C5H8N2O4/c8-3-1-2(4(9)10)6-5(11)7-3/h2,5-6,11H,1H2,(H,7,8)(H,9,10). The summed E-state index contributed by atoms with van der Waals surface area (Å²) < 4.78 is 0. The van der Waals surface area contributed by atoms with E-state index >= 15 is 0 Å². The molecule has 1 fully saturated rings. The molecule has 2 atom stereocenters. The van der Waals surface area contributed by atoms with Crippen LogP contribution >= 0.6 is 0 Å². The maximum atomic E-state index is 10.6. The van der Waals surface area contributed by atoms with Crippen molar-refractivity contribution in [3.63, 3.8) is 0 Å². The SMILES string of the molecule is O=C1CC(C(=O)O)NC(O)N1. The van der Waals surface area contributed by atoms with E-state index in [-0.39, 0.29) is 6.42 Å². The van der Waals surface area contributed by atoms with Crippen molar-refractivity contribution in [1.29, 1.82) is 0 Å². The van der Waals surface area contributed by atoms with Crippen molar-refractivity contribution in [2.75, 3.05) is 0 Å². The Labute approximate surface area is 62.2 Å². The minimum absolute atomic E-state index is 0.146. The molecular weight excluding hydrogens is 152 g/mol. The summed E-state index contributed by atoms with van der Waals surface area (Å²) in [5.41, 5.74) is 0. The van der Waals surface area contributed by atoms with Crippen LogP contribution in [0.5, 0.6) is 0 Å². The summed E-state index contributed by atoms with van der Waals surface area (Å²) >= 11 is 0. The van der Waals surface area contributed by atoms with Gasteiger partial charge in [-0.15, -0.1) is 0 Å². The van der Waals surface area contributed by atoms with Crippen molar-refractivity contribution in [3.05, 3.63) is 0 Å². The summed E-state index contributed by atoms with van der Waals surface area (Å²) in [6.45, 7) is 0. The fourth-order valence-corrected chi connectivity index (χ4v) is 0.847. The zero-order valence-electron chi connectivity index (χ0n) is 5.57. The first kappa shape index (κ1) is 7.96. The molecular formula is C5H8N2O4. The van der Waals surface area contributed by atoms with Crippen LogP contribution in [0.1, 0.15) is 6.42 Å². The number of carboxylic acid groups (broad SMARTS) is 1. The van der Waals surface area contributed by atoms with Crippen LogP contribution in [0.2, 0.25) is 0 Å². The van der Waals surface area contributed by atoms with Crippen molar-refractivity contribution in [2.24, 2.45) is 0 Å². The number of carbonyl (C=O) groups excluding carboxylic acids is 1. The summed E-state index contributed by atoms with van der Waals surface area (Å²) in [5, 5.41) is 21.6. The molecule has 1 aliphatic heterocycles. The largest absolute Gasteiger partial charge is 0.480 e. The van der Waals surface area contributed by atoms with Gasteiger partial charge in [0.1, 0.15) is 6.04 Å². The second-order valence-corrected chi connectivity index (χ2v) is 2.23. The van der Waals surface area contributed by atoms with Crippen LogP contribution < -0.4 is 10.6 Å². The Morgan fingerprint density at radius 1 is 1.64 bits per heavy atom. The lowest BCUT2D eigenvalue weighted by molar-refractivity contribution is -0.146. The van der Waals surface area contributed by atoms with Gasteiger partial charge in [-0.1, -0.05) is 0 Å². The Morgan fingerprint density at radius 2 is 2.27 bits per heavy atom. The highest BCUT2D eigenvalue weighted by molar-refractivity contribution is 5.85. The molecule has 0 aromatic rings. The molecule has 11 heavy (non-hydrogen) atoms. The van der Waals surface area contributed by atoms with Crippen molar-refractivity contribution in [3.8, 4) is 0 Å². The molecule has 2 unspecified atom stereocenters. The summed E-state index contributed by atoms with van der Waals surface area (Å²) in [6.07, 6.45) is -1.40. The molecule has 1 aliphatic rings. The molecule has 62 valence electrons. The van der Waals surface area contributed by atoms with E-state index in [1.807, 2.05) is 0 Å². The van der Waals surface area contributed by atoms with Crippen molar-refractivity contribution in [2.45, 2.75) is 18.8 Å². The van der Waals surface area contributed by atoms with E-state index in [0.29, 0.717) is 0 Å². The van der Waals surface area contributed by atoms with Crippen LogP contribution in [0.25, 0.3) is 0 Å². The molecule has 0 bridgehead atoms. The van der Waals surface area contributed by atoms with Crippen molar-refractivity contribution < 1.29 is 19.8 Å². The van der Waals surface area contributed by atoms with Gasteiger partial charge in [0.05, 0.1) is 6.42 Å². The number of rotatable bonds is 1. The van der Waals surface area contributed by atoms with Gasteiger partial charge in [-0.3, -0.25) is 14.9 Å². The average molecular weight is 160 g/mol. The van der Waals surface area contributed by atoms with E-state index in [4.69, 9.17) is 10.2 Å². The van der Waals surface area contributed by atoms with Crippen molar-refractivity contribution >= 4 is 11.9 Å². The number of carbonyl (C=O) groups is 2. The Balaban J connectivity index is 2.56. The first-order valence-corrected chi connectivity index (χ1v) is 3.06. The predicted octanol–water partition coefficient (Wildman–Crippen LogP) is -2.17. The van der Waals surface area contributed by atoms with Crippen LogP contribution in [-0.2, 0) is 9.59 Å². The number of carboxylic acids is 1. The van der Waals surface area contributed by atoms with Crippen LogP contribution in [0, 0.1) is 0 Å². The van der Waals surface area contributed by atoms with Crippen molar-refractivity contribution in [1.82, 2.24) is 10.6 Å². The van der Waals surface area contributed by atoms with Gasteiger partial charge in [-0.2, -0.15) is 0 Å². The lowest BCUT2D eigenvalue weighted by Crippen LogP contribution is -2.58. The fraction of sp³-hybridized carbons (Fsp3) is 0.600. The molecule has 4 N–H and O–H groups in total. The monoisotopic (exact) mass is 160 g/mol. The van der Waals surface area contributed by atoms with Crippen LogP contribution in [0.4, 0.5) is 0 Å². The molecule has 1 amide bonds. The molecule has 0 saturated carbocycles. The topological polar surface area (TPSA) is 98.7 Å². The minimum Gasteiger partial charge on any atom is -0.480 e. The van der Waals surface area contributed by atoms with E-state index in [0.717, 1.165) is 0 Å². The second kappa shape index (κ2) is 2.85. The minimum atomic E-state index is -1.25. The summed E-state index contributed by atoms with van der Waals surface area (Å²) in [7, 11) is 0. The Hall–Kier alpha value is -1.14.